The fourth-order valence-electron chi connectivity index (χ4n) is 6.27. The predicted octanol–water partition coefficient (Wildman–Crippen LogP) is 7.92. The number of benzene rings is 4. The normalized spacial score (nSPS) is 12.7. The first kappa shape index (κ1) is 51.3. The van der Waals surface area contributed by atoms with E-state index in [1.165, 1.54) is 0 Å². The summed E-state index contributed by atoms with van der Waals surface area (Å²) in [6, 6.07) is 30.5. The van der Waals surface area contributed by atoms with Crippen LogP contribution in [-0.4, -0.2) is 59.2 Å². The number of hydrogen-bond acceptors (Lipinski definition) is 9. The van der Waals surface area contributed by atoms with Gasteiger partial charge in [-0.25, -0.2) is 4.79 Å². The van der Waals surface area contributed by atoms with Crippen LogP contribution in [-0.2, 0) is 49.6 Å². The topological polar surface area (TPSA) is 204 Å². The van der Waals surface area contributed by atoms with E-state index in [9.17, 15) is 29.2 Å². The van der Waals surface area contributed by atoms with Gasteiger partial charge in [-0.15, -0.1) is 0 Å². The van der Waals surface area contributed by atoms with Gasteiger partial charge in [-0.3, -0.25) is 19.2 Å². The molecule has 0 unspecified atom stereocenters. The van der Waals surface area contributed by atoms with E-state index in [0.29, 0.717) is 65.3 Å². The summed E-state index contributed by atoms with van der Waals surface area (Å²) in [6.07, 6.45) is 2.45. The van der Waals surface area contributed by atoms with Crippen molar-refractivity contribution < 1.29 is 28.7 Å². The summed E-state index contributed by atoms with van der Waals surface area (Å²) >= 11 is 12.0. The lowest BCUT2D eigenvalue weighted by atomic mass is 10.00. The molecule has 0 aliphatic heterocycles. The van der Waals surface area contributed by atoms with E-state index in [4.69, 9.17) is 38.9 Å². The standard InChI is InChI=1S/C27H32ClN3O4.C22H24ClN3O2/c1-18(24(32)15-12-20-16-22(28)13-11-21(20)17-29)30-25(33)23(31-26(34)35-27(2,3)4)14-10-19-8-6-5-7-9-19;1-15(21(27)12-9-17-13-19(23)10-8-18(17)14-24)26-22(28)20(25)11-7-16-5-3-2-4-6-16/h5-9,11,13,16,18,23H,10,12,14-15H2,1-4H3,(H,30,33)(H,31,34);2-6,8,10,13,15,20H,7,9,11-12,25H2,1H3,(H,26,28)/t18-,23+;15-,20+/m00/s1. The van der Waals surface area contributed by atoms with E-state index in [-0.39, 0.29) is 30.3 Å². The van der Waals surface area contributed by atoms with Crippen molar-refractivity contribution in [2.45, 2.75) is 116 Å². The molecule has 3 amide bonds. The number of Topliss-reactive ketones (excluding diaryl/α,β-unsaturated/α-hetero) is 2. The third-order valence-corrected chi connectivity index (χ3v) is 10.3. The minimum Gasteiger partial charge on any atom is -0.444 e. The van der Waals surface area contributed by atoms with Crippen LogP contribution >= 0.6 is 23.2 Å². The van der Waals surface area contributed by atoms with E-state index in [1.54, 1.807) is 71.0 Å². The Morgan fingerprint density at radius 1 is 0.635 bits per heavy atom. The van der Waals surface area contributed by atoms with Crippen molar-refractivity contribution in [3.8, 4) is 12.1 Å². The molecule has 5 N–H and O–H groups in total. The molecule has 0 heterocycles. The van der Waals surface area contributed by atoms with Crippen molar-refractivity contribution in [1.82, 2.24) is 16.0 Å². The second kappa shape index (κ2) is 25.8. The number of hydrogen-bond donors (Lipinski definition) is 4. The SMILES string of the molecule is C[C@H](NC(=O)[C@@H](CCc1ccccc1)NC(=O)OC(C)(C)C)C(=O)CCc1cc(Cl)ccc1C#N.C[C@H](NC(=O)[C@H](N)CCc1ccccc1)C(=O)CCc1cc(Cl)ccc1C#N. The lowest BCUT2D eigenvalue weighted by Crippen LogP contribution is -2.51. The van der Waals surface area contributed by atoms with E-state index in [1.807, 2.05) is 60.7 Å². The van der Waals surface area contributed by atoms with Crippen molar-refractivity contribution >= 4 is 52.7 Å². The zero-order valence-corrected chi connectivity index (χ0v) is 37.9. The van der Waals surface area contributed by atoms with Gasteiger partial charge in [-0.1, -0.05) is 83.9 Å². The zero-order valence-electron chi connectivity index (χ0n) is 36.4. The van der Waals surface area contributed by atoms with E-state index >= 15 is 0 Å². The highest BCUT2D eigenvalue weighted by Crippen LogP contribution is 2.19. The van der Waals surface area contributed by atoms with Crippen molar-refractivity contribution in [2.24, 2.45) is 5.73 Å². The number of aryl methyl sites for hydroxylation is 4. The van der Waals surface area contributed by atoms with Gasteiger partial charge < -0.3 is 26.4 Å². The highest BCUT2D eigenvalue weighted by Gasteiger charge is 2.27. The first-order valence-corrected chi connectivity index (χ1v) is 21.5. The molecular formula is C49H56Cl2N6O6. The van der Waals surface area contributed by atoms with Gasteiger partial charge in [-0.05, 0) is 132 Å². The molecule has 63 heavy (non-hydrogen) atoms. The van der Waals surface area contributed by atoms with Crippen LogP contribution in [0.15, 0.2) is 97.1 Å². The predicted molar refractivity (Wildman–Crippen MR) is 245 cm³/mol. The third kappa shape index (κ3) is 18.8. The quantitative estimate of drug-likeness (QED) is 0.0721. The maximum absolute atomic E-state index is 13.0. The molecule has 0 radical (unpaired) electrons. The summed E-state index contributed by atoms with van der Waals surface area (Å²) in [6.45, 7) is 8.47. The number of nitrogens with one attached hydrogen (secondary N) is 3. The number of ether oxygens (including phenoxy) is 1. The van der Waals surface area contributed by atoms with Crippen LogP contribution in [0.1, 0.15) is 93.7 Å². The molecule has 0 aliphatic carbocycles. The number of ketones is 2. The maximum Gasteiger partial charge on any atom is 0.408 e. The molecule has 4 aromatic carbocycles. The number of amides is 3. The zero-order chi connectivity index (χ0) is 46.5. The Balaban J connectivity index is 0.000000344. The van der Waals surface area contributed by atoms with Crippen LogP contribution in [0.5, 0.6) is 0 Å². The summed E-state index contributed by atoms with van der Waals surface area (Å²) < 4.78 is 5.31. The fourth-order valence-corrected chi connectivity index (χ4v) is 6.66. The molecule has 0 fully saturated rings. The summed E-state index contributed by atoms with van der Waals surface area (Å²) in [5, 5.41) is 27.4. The fraction of sp³-hybridized carbons (Fsp3) is 0.367. The molecule has 0 saturated heterocycles. The number of nitrogens with two attached hydrogens (primary N) is 1. The number of halogens is 2. The van der Waals surface area contributed by atoms with Crippen molar-refractivity contribution in [1.29, 1.82) is 10.5 Å². The minimum atomic E-state index is -0.876. The number of carbonyl (C=O) groups excluding carboxylic acids is 5. The van der Waals surface area contributed by atoms with Crippen LogP contribution in [0.3, 0.4) is 0 Å². The Kier molecular flexibility index (Phi) is 21.0. The van der Waals surface area contributed by atoms with Crippen molar-refractivity contribution in [2.75, 3.05) is 0 Å². The van der Waals surface area contributed by atoms with Gasteiger partial charge in [0.15, 0.2) is 11.6 Å². The highest BCUT2D eigenvalue weighted by atomic mass is 35.5. The van der Waals surface area contributed by atoms with Gasteiger partial charge >= 0.3 is 6.09 Å². The van der Waals surface area contributed by atoms with Crippen LogP contribution in [0, 0.1) is 22.7 Å². The lowest BCUT2D eigenvalue weighted by Gasteiger charge is -2.24. The van der Waals surface area contributed by atoms with Gasteiger partial charge in [-0.2, -0.15) is 10.5 Å². The second-order valence-corrected chi connectivity index (χ2v) is 16.9. The van der Waals surface area contributed by atoms with Crippen LogP contribution in [0.4, 0.5) is 4.79 Å². The Morgan fingerprint density at radius 2 is 1.06 bits per heavy atom. The number of alkyl carbamates (subject to hydrolysis) is 1. The highest BCUT2D eigenvalue weighted by molar-refractivity contribution is 6.31. The van der Waals surface area contributed by atoms with Gasteiger partial charge in [0.1, 0.15) is 11.6 Å². The average Bonchev–Trinajstić information content (AvgIpc) is 3.25. The van der Waals surface area contributed by atoms with E-state index < -0.39 is 41.8 Å². The summed E-state index contributed by atoms with van der Waals surface area (Å²) in [5.41, 5.74) is 9.75. The molecule has 4 atom stereocenters. The molecule has 0 aliphatic rings. The molecule has 4 aromatic rings. The molecule has 14 heteroatoms. The largest absolute Gasteiger partial charge is 0.444 e. The minimum absolute atomic E-state index is 0.118. The molecule has 0 spiro atoms. The Labute approximate surface area is 380 Å². The Morgan fingerprint density at radius 3 is 1.49 bits per heavy atom. The number of nitriles is 2. The second-order valence-electron chi connectivity index (χ2n) is 16.1. The molecule has 0 saturated carbocycles. The smallest absolute Gasteiger partial charge is 0.408 e. The monoisotopic (exact) mass is 894 g/mol. The van der Waals surface area contributed by atoms with Gasteiger partial charge in [0.05, 0.1) is 41.4 Å². The average molecular weight is 896 g/mol. The van der Waals surface area contributed by atoms with Crippen molar-refractivity contribution in [3.63, 3.8) is 0 Å². The van der Waals surface area contributed by atoms with E-state index in [2.05, 4.69) is 28.1 Å². The van der Waals surface area contributed by atoms with Crippen LogP contribution in [0.2, 0.25) is 10.0 Å². The molecule has 0 aromatic heterocycles. The number of nitrogens with zero attached hydrogens (tertiary/aromatic N) is 2. The molecular weight excluding hydrogens is 839 g/mol. The third-order valence-electron chi connectivity index (χ3n) is 9.84. The first-order chi connectivity index (χ1) is 29.9. The van der Waals surface area contributed by atoms with Crippen LogP contribution in [0.25, 0.3) is 0 Å². The maximum atomic E-state index is 13.0. The molecule has 4 rings (SSSR count). The van der Waals surface area contributed by atoms with E-state index in [0.717, 1.165) is 16.7 Å². The first-order valence-electron chi connectivity index (χ1n) is 20.7. The molecule has 12 nitrogen and oxygen atoms in total. The Hall–Kier alpha value is -6.05. The summed E-state index contributed by atoms with van der Waals surface area (Å²) in [4.78, 5) is 62.7. The molecule has 332 valence electrons. The Bertz CT molecular complexity index is 2250. The summed E-state index contributed by atoms with van der Waals surface area (Å²) in [5.74, 6) is -1.11. The van der Waals surface area contributed by atoms with Gasteiger partial charge in [0.2, 0.25) is 11.8 Å². The van der Waals surface area contributed by atoms with Crippen LogP contribution < -0.4 is 21.7 Å². The van der Waals surface area contributed by atoms with Gasteiger partial charge in [0, 0.05) is 22.9 Å². The lowest BCUT2D eigenvalue weighted by molar-refractivity contribution is -0.128. The van der Waals surface area contributed by atoms with Crippen molar-refractivity contribution in [3.05, 3.63) is 140 Å². The van der Waals surface area contributed by atoms with Gasteiger partial charge in [0.25, 0.3) is 0 Å². The summed E-state index contributed by atoms with van der Waals surface area (Å²) in [7, 11) is 0. The number of rotatable bonds is 19. The molecule has 0 bridgehead atoms. The number of carbonyl (C=O) groups is 5.